The summed E-state index contributed by atoms with van der Waals surface area (Å²) in [7, 11) is 0. The first-order chi connectivity index (χ1) is 8.67. The van der Waals surface area contributed by atoms with E-state index in [1.807, 2.05) is 31.2 Å². The second kappa shape index (κ2) is 5.46. The third kappa shape index (κ3) is 2.37. The van der Waals surface area contributed by atoms with Crippen LogP contribution in [0.5, 0.6) is 0 Å². The van der Waals surface area contributed by atoms with E-state index < -0.39 is 0 Å². The summed E-state index contributed by atoms with van der Waals surface area (Å²) in [5.41, 5.74) is 5.61. The highest BCUT2D eigenvalue weighted by Crippen LogP contribution is 2.27. The third-order valence-electron chi connectivity index (χ3n) is 2.82. The van der Waals surface area contributed by atoms with Gasteiger partial charge in [0.1, 0.15) is 5.82 Å². The van der Waals surface area contributed by atoms with Crippen molar-refractivity contribution in [3.05, 3.63) is 40.0 Å². The Balaban J connectivity index is 2.60. The fourth-order valence-corrected chi connectivity index (χ4v) is 2.36. The van der Waals surface area contributed by atoms with Gasteiger partial charge >= 0.3 is 0 Å². The summed E-state index contributed by atoms with van der Waals surface area (Å²) < 4.78 is 0.969. The molecule has 0 fully saturated rings. The first-order valence-corrected chi connectivity index (χ1v) is 6.55. The summed E-state index contributed by atoms with van der Waals surface area (Å²) in [5, 5.41) is 0. The molecule has 2 aromatic rings. The van der Waals surface area contributed by atoms with Gasteiger partial charge in [-0.05, 0) is 19.4 Å². The van der Waals surface area contributed by atoms with Gasteiger partial charge in [-0.3, -0.25) is 0 Å². The van der Waals surface area contributed by atoms with Crippen LogP contribution in [-0.2, 0) is 6.42 Å². The topological polar surface area (TPSA) is 63.8 Å². The lowest BCUT2D eigenvalue weighted by atomic mass is 10.1. The predicted molar refractivity (Wildman–Crippen MR) is 77.1 cm³/mol. The fourth-order valence-electron chi connectivity index (χ4n) is 1.90. The highest BCUT2D eigenvalue weighted by Gasteiger charge is 2.12. The summed E-state index contributed by atoms with van der Waals surface area (Å²) in [4.78, 5) is 9.02. The van der Waals surface area contributed by atoms with Gasteiger partial charge < -0.3 is 5.43 Å². The van der Waals surface area contributed by atoms with Crippen molar-refractivity contribution in [3.8, 4) is 11.4 Å². The average Bonchev–Trinajstić information content (AvgIpc) is 2.38. The molecule has 4 nitrogen and oxygen atoms in total. The molecule has 0 amide bonds. The van der Waals surface area contributed by atoms with E-state index in [1.165, 1.54) is 0 Å². The fraction of sp³-hybridized carbons (Fsp3) is 0.231. The largest absolute Gasteiger partial charge is 0.308 e. The Morgan fingerprint density at radius 2 is 2.00 bits per heavy atom. The summed E-state index contributed by atoms with van der Waals surface area (Å²) in [6.45, 7) is 4.03. The highest BCUT2D eigenvalue weighted by molar-refractivity contribution is 9.10. The minimum absolute atomic E-state index is 0.671. The van der Waals surface area contributed by atoms with Crippen molar-refractivity contribution in [1.82, 2.24) is 9.97 Å². The molecule has 0 saturated heterocycles. The normalized spacial score (nSPS) is 10.4. The molecule has 2 rings (SSSR count). The Bertz CT molecular complexity index is 569. The van der Waals surface area contributed by atoms with Gasteiger partial charge in [0, 0.05) is 21.3 Å². The van der Waals surface area contributed by atoms with Crippen LogP contribution in [0.15, 0.2) is 28.7 Å². The van der Waals surface area contributed by atoms with E-state index in [0.717, 1.165) is 27.7 Å². The number of rotatable bonds is 3. The Morgan fingerprint density at radius 1 is 1.28 bits per heavy atom. The number of nitrogen functional groups attached to an aromatic ring is 1. The van der Waals surface area contributed by atoms with Crippen molar-refractivity contribution in [1.29, 1.82) is 0 Å². The van der Waals surface area contributed by atoms with Crippen molar-refractivity contribution in [2.24, 2.45) is 5.84 Å². The van der Waals surface area contributed by atoms with E-state index in [1.54, 1.807) is 0 Å². The van der Waals surface area contributed by atoms with Crippen molar-refractivity contribution < 1.29 is 0 Å². The van der Waals surface area contributed by atoms with Crippen molar-refractivity contribution in [3.63, 3.8) is 0 Å². The average molecular weight is 307 g/mol. The van der Waals surface area contributed by atoms with E-state index in [4.69, 9.17) is 5.84 Å². The van der Waals surface area contributed by atoms with E-state index in [0.29, 0.717) is 11.6 Å². The highest BCUT2D eigenvalue weighted by atomic mass is 79.9. The molecule has 0 atom stereocenters. The molecule has 0 spiro atoms. The molecule has 1 aromatic heterocycles. The van der Waals surface area contributed by atoms with Gasteiger partial charge in [0.2, 0.25) is 0 Å². The molecule has 1 heterocycles. The second-order valence-corrected chi connectivity index (χ2v) is 4.79. The quantitative estimate of drug-likeness (QED) is 0.676. The first kappa shape index (κ1) is 13.0. The van der Waals surface area contributed by atoms with Crippen LogP contribution in [0.2, 0.25) is 0 Å². The molecule has 5 heteroatoms. The number of halogens is 1. The lowest BCUT2D eigenvalue weighted by molar-refractivity contribution is 0.994. The Morgan fingerprint density at radius 3 is 2.61 bits per heavy atom. The molecule has 0 radical (unpaired) electrons. The van der Waals surface area contributed by atoms with Crippen molar-refractivity contribution in [2.45, 2.75) is 20.3 Å². The molecule has 0 unspecified atom stereocenters. The van der Waals surface area contributed by atoms with Crippen molar-refractivity contribution >= 4 is 21.7 Å². The molecular weight excluding hydrogens is 292 g/mol. The lowest BCUT2D eigenvalue weighted by Gasteiger charge is -2.12. The molecule has 0 bridgehead atoms. The Hall–Kier alpha value is -1.46. The van der Waals surface area contributed by atoms with Gasteiger partial charge in [-0.2, -0.15) is 0 Å². The van der Waals surface area contributed by atoms with Gasteiger partial charge in [-0.25, -0.2) is 15.8 Å². The standard InChI is InChI=1S/C13H15BrN4/c1-3-9-8(2)16-12(17-13(9)18-15)10-6-4-5-7-11(10)14/h4-7H,3,15H2,1-2H3,(H,16,17,18). The van der Waals surface area contributed by atoms with Crippen LogP contribution < -0.4 is 11.3 Å². The molecule has 1 aromatic carbocycles. The number of anilines is 1. The Labute approximate surface area is 115 Å². The van der Waals surface area contributed by atoms with Crippen LogP contribution in [-0.4, -0.2) is 9.97 Å². The Kier molecular flexibility index (Phi) is 3.93. The molecule has 0 aliphatic carbocycles. The molecule has 94 valence electrons. The van der Waals surface area contributed by atoms with E-state index in [-0.39, 0.29) is 0 Å². The van der Waals surface area contributed by atoms with Crippen LogP contribution in [0, 0.1) is 6.92 Å². The second-order valence-electron chi connectivity index (χ2n) is 3.94. The van der Waals surface area contributed by atoms with Gasteiger partial charge in [0.15, 0.2) is 5.82 Å². The van der Waals surface area contributed by atoms with Gasteiger partial charge in [0.05, 0.1) is 0 Å². The maximum atomic E-state index is 5.53. The summed E-state index contributed by atoms with van der Waals surface area (Å²) in [6, 6.07) is 7.87. The zero-order chi connectivity index (χ0) is 13.1. The number of aryl methyl sites for hydroxylation is 1. The number of nitrogens with zero attached hydrogens (tertiary/aromatic N) is 2. The van der Waals surface area contributed by atoms with Gasteiger partial charge in [0.25, 0.3) is 0 Å². The van der Waals surface area contributed by atoms with Crippen molar-refractivity contribution in [2.75, 3.05) is 5.43 Å². The number of hydrogen-bond acceptors (Lipinski definition) is 4. The van der Waals surface area contributed by atoms with E-state index in [2.05, 4.69) is 38.2 Å². The molecule has 0 aliphatic rings. The minimum atomic E-state index is 0.671. The van der Waals surface area contributed by atoms with Gasteiger partial charge in [-0.1, -0.05) is 41.1 Å². The summed E-state index contributed by atoms with van der Waals surface area (Å²) >= 11 is 3.51. The van der Waals surface area contributed by atoms with E-state index in [9.17, 15) is 0 Å². The SMILES string of the molecule is CCc1c(C)nc(-c2ccccc2Br)nc1NN. The van der Waals surface area contributed by atoms with Gasteiger partial charge in [-0.15, -0.1) is 0 Å². The molecule has 18 heavy (non-hydrogen) atoms. The number of hydrogen-bond donors (Lipinski definition) is 2. The predicted octanol–water partition coefficient (Wildman–Crippen LogP) is 3.06. The van der Waals surface area contributed by atoms with Crippen LogP contribution in [0.3, 0.4) is 0 Å². The first-order valence-electron chi connectivity index (χ1n) is 5.76. The smallest absolute Gasteiger partial charge is 0.162 e. The van der Waals surface area contributed by atoms with Crippen LogP contribution in [0.1, 0.15) is 18.2 Å². The zero-order valence-corrected chi connectivity index (χ0v) is 12.0. The third-order valence-corrected chi connectivity index (χ3v) is 3.51. The molecule has 0 aliphatic heterocycles. The number of nitrogens with one attached hydrogen (secondary N) is 1. The number of nitrogens with two attached hydrogens (primary N) is 1. The molecule has 0 saturated carbocycles. The maximum absolute atomic E-state index is 5.53. The maximum Gasteiger partial charge on any atom is 0.162 e. The zero-order valence-electron chi connectivity index (χ0n) is 10.4. The number of hydrazine groups is 1. The van der Waals surface area contributed by atoms with Crippen LogP contribution >= 0.6 is 15.9 Å². The minimum Gasteiger partial charge on any atom is -0.308 e. The number of benzene rings is 1. The van der Waals surface area contributed by atoms with Crippen LogP contribution in [0.25, 0.3) is 11.4 Å². The lowest BCUT2D eigenvalue weighted by Crippen LogP contribution is -2.13. The van der Waals surface area contributed by atoms with E-state index >= 15 is 0 Å². The monoisotopic (exact) mass is 306 g/mol. The summed E-state index contributed by atoms with van der Waals surface area (Å²) in [6.07, 6.45) is 0.849. The van der Waals surface area contributed by atoms with Crippen LogP contribution in [0.4, 0.5) is 5.82 Å². The molecule has 3 N–H and O–H groups in total. The number of aromatic nitrogens is 2. The molecular formula is C13H15BrN4. The summed E-state index contributed by atoms with van der Waals surface area (Å²) in [5.74, 6) is 6.89.